The maximum atomic E-state index is 12.2. The summed E-state index contributed by atoms with van der Waals surface area (Å²) in [4.78, 5) is 39.2. The molecule has 1 aliphatic heterocycles. The van der Waals surface area contributed by atoms with Crippen molar-refractivity contribution in [1.82, 2.24) is 15.1 Å². The van der Waals surface area contributed by atoms with Gasteiger partial charge in [-0.2, -0.15) is 0 Å². The van der Waals surface area contributed by atoms with E-state index in [0.29, 0.717) is 13.1 Å². The number of carbonyl (C=O) groups excluding carboxylic acids is 3. The maximum absolute atomic E-state index is 12.2. The first-order valence-corrected chi connectivity index (χ1v) is 7.88. The van der Waals surface area contributed by atoms with E-state index in [-0.39, 0.29) is 24.5 Å². The van der Waals surface area contributed by atoms with Gasteiger partial charge in [0.15, 0.2) is 0 Å². The molecule has 0 atom stereocenters. The lowest BCUT2D eigenvalue weighted by molar-refractivity contribution is -0.159. The third-order valence-corrected chi connectivity index (χ3v) is 4.14. The van der Waals surface area contributed by atoms with Gasteiger partial charge in [-0.25, -0.2) is 0 Å². The van der Waals surface area contributed by atoms with Crippen molar-refractivity contribution in [3.05, 3.63) is 0 Å². The van der Waals surface area contributed by atoms with Crippen LogP contribution in [-0.2, 0) is 14.4 Å². The molecular weight excluding hydrogens is 270 g/mol. The lowest BCUT2D eigenvalue weighted by atomic mass is 9.93. The first-order valence-electron chi connectivity index (χ1n) is 7.88. The molecule has 1 saturated heterocycles. The van der Waals surface area contributed by atoms with Crippen LogP contribution in [-0.4, -0.2) is 59.2 Å². The van der Waals surface area contributed by atoms with E-state index < -0.39 is 11.8 Å². The van der Waals surface area contributed by atoms with Crippen LogP contribution < -0.4 is 5.32 Å². The highest BCUT2D eigenvalue weighted by atomic mass is 16.2. The second-order valence-corrected chi connectivity index (χ2v) is 6.24. The van der Waals surface area contributed by atoms with Crippen LogP contribution in [0, 0.1) is 0 Å². The molecule has 6 heteroatoms. The smallest absolute Gasteiger partial charge is 0.312 e. The molecule has 1 heterocycles. The maximum Gasteiger partial charge on any atom is 0.312 e. The van der Waals surface area contributed by atoms with Gasteiger partial charge in [0.1, 0.15) is 6.54 Å². The van der Waals surface area contributed by atoms with E-state index in [0.717, 1.165) is 25.7 Å². The molecule has 21 heavy (non-hydrogen) atoms. The van der Waals surface area contributed by atoms with Crippen molar-refractivity contribution in [2.75, 3.05) is 19.6 Å². The molecule has 0 bridgehead atoms. The summed E-state index contributed by atoms with van der Waals surface area (Å²) in [5.41, 5.74) is 0. The van der Waals surface area contributed by atoms with Crippen molar-refractivity contribution in [2.45, 2.75) is 58.0 Å². The molecule has 1 saturated carbocycles. The number of rotatable bonds is 4. The SMILES string of the molecule is CC(C)NC(=O)CN1CCN(C2CCCCC2)C(=O)C1=O. The number of amides is 3. The molecule has 2 aliphatic rings. The summed E-state index contributed by atoms with van der Waals surface area (Å²) >= 11 is 0. The van der Waals surface area contributed by atoms with Gasteiger partial charge in [-0.1, -0.05) is 19.3 Å². The standard InChI is InChI=1S/C15H25N3O3/c1-11(2)16-13(19)10-17-8-9-18(15(21)14(17)20)12-6-4-3-5-7-12/h11-12H,3-10H2,1-2H3,(H,16,19). The molecule has 2 fully saturated rings. The zero-order valence-electron chi connectivity index (χ0n) is 12.9. The fourth-order valence-corrected chi connectivity index (χ4v) is 3.12. The molecule has 0 radical (unpaired) electrons. The number of nitrogens with zero attached hydrogens (tertiary/aromatic N) is 2. The molecule has 0 aromatic carbocycles. The van der Waals surface area contributed by atoms with Gasteiger partial charge in [-0.05, 0) is 26.7 Å². The normalized spacial score (nSPS) is 21.1. The number of carbonyl (C=O) groups is 3. The van der Waals surface area contributed by atoms with E-state index >= 15 is 0 Å². The number of hydrogen-bond acceptors (Lipinski definition) is 3. The molecule has 2 rings (SSSR count). The summed E-state index contributed by atoms with van der Waals surface area (Å²) in [6.45, 7) is 4.70. The zero-order valence-corrected chi connectivity index (χ0v) is 12.9. The molecular formula is C15H25N3O3. The van der Waals surface area contributed by atoms with Crippen LogP contribution in [0.4, 0.5) is 0 Å². The van der Waals surface area contributed by atoms with Gasteiger partial charge in [0.05, 0.1) is 0 Å². The summed E-state index contributed by atoms with van der Waals surface area (Å²) in [6, 6.07) is 0.244. The van der Waals surface area contributed by atoms with Crippen molar-refractivity contribution in [3.8, 4) is 0 Å². The van der Waals surface area contributed by atoms with Crippen LogP contribution in [0.25, 0.3) is 0 Å². The highest BCUT2D eigenvalue weighted by Crippen LogP contribution is 2.24. The van der Waals surface area contributed by atoms with E-state index in [1.807, 2.05) is 13.8 Å². The monoisotopic (exact) mass is 295 g/mol. The van der Waals surface area contributed by atoms with Crippen molar-refractivity contribution in [2.24, 2.45) is 0 Å². The minimum atomic E-state index is -0.536. The Kier molecular flexibility index (Phi) is 5.20. The first kappa shape index (κ1) is 15.8. The van der Waals surface area contributed by atoms with E-state index in [9.17, 15) is 14.4 Å². The molecule has 3 amide bonds. The van der Waals surface area contributed by atoms with Gasteiger partial charge in [0, 0.05) is 25.2 Å². The summed E-state index contributed by atoms with van der Waals surface area (Å²) in [5, 5.41) is 2.74. The zero-order chi connectivity index (χ0) is 15.4. The van der Waals surface area contributed by atoms with Gasteiger partial charge in [-0.15, -0.1) is 0 Å². The average molecular weight is 295 g/mol. The molecule has 1 aliphatic carbocycles. The lowest BCUT2D eigenvalue weighted by Gasteiger charge is -2.39. The van der Waals surface area contributed by atoms with Crippen LogP contribution >= 0.6 is 0 Å². The van der Waals surface area contributed by atoms with Crippen molar-refractivity contribution >= 4 is 17.7 Å². The van der Waals surface area contributed by atoms with Crippen molar-refractivity contribution in [3.63, 3.8) is 0 Å². The van der Waals surface area contributed by atoms with E-state index in [1.165, 1.54) is 11.3 Å². The topological polar surface area (TPSA) is 69.7 Å². The number of piperazine rings is 1. The molecule has 0 aromatic heterocycles. The summed E-state index contributed by atoms with van der Waals surface area (Å²) in [6.07, 6.45) is 5.46. The molecule has 118 valence electrons. The Labute approximate surface area is 125 Å². The Morgan fingerprint density at radius 1 is 1.14 bits per heavy atom. The molecule has 0 spiro atoms. The van der Waals surface area contributed by atoms with E-state index in [4.69, 9.17) is 0 Å². The van der Waals surface area contributed by atoms with Crippen LogP contribution in [0.2, 0.25) is 0 Å². The fraction of sp³-hybridized carbons (Fsp3) is 0.800. The highest BCUT2D eigenvalue weighted by molar-refractivity contribution is 6.35. The minimum Gasteiger partial charge on any atom is -0.352 e. The molecule has 1 N–H and O–H groups in total. The first-order chi connectivity index (χ1) is 9.99. The molecule has 6 nitrogen and oxygen atoms in total. The fourth-order valence-electron chi connectivity index (χ4n) is 3.12. The Hall–Kier alpha value is -1.59. The Morgan fingerprint density at radius 3 is 2.43 bits per heavy atom. The van der Waals surface area contributed by atoms with E-state index in [1.54, 1.807) is 4.90 Å². The van der Waals surface area contributed by atoms with Crippen LogP contribution in [0.1, 0.15) is 46.0 Å². The number of nitrogens with one attached hydrogen (secondary N) is 1. The van der Waals surface area contributed by atoms with Gasteiger partial charge in [0.25, 0.3) is 0 Å². The molecule has 0 aromatic rings. The average Bonchev–Trinajstić information content (AvgIpc) is 2.44. The van der Waals surface area contributed by atoms with Gasteiger partial charge in [0.2, 0.25) is 5.91 Å². The second-order valence-electron chi connectivity index (χ2n) is 6.24. The third-order valence-electron chi connectivity index (χ3n) is 4.14. The quantitative estimate of drug-likeness (QED) is 0.769. The summed E-state index contributed by atoms with van der Waals surface area (Å²) in [5.74, 6) is -1.19. The van der Waals surface area contributed by atoms with Crippen molar-refractivity contribution < 1.29 is 14.4 Å². The minimum absolute atomic E-state index is 0.0265. The molecule has 0 unspecified atom stereocenters. The number of hydrogen-bond donors (Lipinski definition) is 1. The Balaban J connectivity index is 1.91. The summed E-state index contributed by atoms with van der Waals surface area (Å²) < 4.78 is 0. The van der Waals surface area contributed by atoms with Crippen LogP contribution in [0.15, 0.2) is 0 Å². The predicted molar refractivity (Wildman–Crippen MR) is 78.4 cm³/mol. The largest absolute Gasteiger partial charge is 0.352 e. The van der Waals surface area contributed by atoms with Gasteiger partial charge < -0.3 is 15.1 Å². The van der Waals surface area contributed by atoms with Crippen LogP contribution in [0.5, 0.6) is 0 Å². The van der Waals surface area contributed by atoms with Crippen LogP contribution in [0.3, 0.4) is 0 Å². The lowest BCUT2D eigenvalue weighted by Crippen LogP contribution is -2.59. The predicted octanol–water partition coefficient (Wildman–Crippen LogP) is 0.515. The Bertz CT molecular complexity index is 416. The Morgan fingerprint density at radius 2 is 1.81 bits per heavy atom. The van der Waals surface area contributed by atoms with E-state index in [2.05, 4.69) is 5.32 Å². The third kappa shape index (κ3) is 3.95. The van der Waals surface area contributed by atoms with Gasteiger partial charge in [-0.3, -0.25) is 14.4 Å². The summed E-state index contributed by atoms with van der Waals surface area (Å²) in [7, 11) is 0. The highest BCUT2D eigenvalue weighted by Gasteiger charge is 2.37. The van der Waals surface area contributed by atoms with Gasteiger partial charge >= 0.3 is 11.8 Å². The second kappa shape index (κ2) is 6.91. The van der Waals surface area contributed by atoms with Crippen molar-refractivity contribution in [1.29, 1.82) is 0 Å².